The van der Waals surface area contributed by atoms with Crippen molar-refractivity contribution in [3.05, 3.63) is 30.3 Å². The normalized spacial score (nSPS) is 19.2. The van der Waals surface area contributed by atoms with Crippen molar-refractivity contribution in [2.45, 2.75) is 77.6 Å². The SMILES string of the molecule is CC(C)[C@H](NP(=O)(Oc1ccccc1)C(C)C)C(=O)OC1CCCCC1. The third-order valence-corrected chi connectivity index (χ3v) is 7.22. The number of benzene rings is 1. The molecule has 0 heterocycles. The van der Waals surface area contributed by atoms with Crippen LogP contribution in [-0.2, 0) is 14.1 Å². The second-order valence-corrected chi connectivity index (χ2v) is 10.3. The van der Waals surface area contributed by atoms with Crippen LogP contribution >= 0.6 is 7.52 Å². The summed E-state index contributed by atoms with van der Waals surface area (Å²) in [5, 5.41) is 3.03. The number of carbonyl (C=O) groups is 1. The van der Waals surface area contributed by atoms with Gasteiger partial charge in [0.25, 0.3) is 0 Å². The summed E-state index contributed by atoms with van der Waals surface area (Å²) >= 11 is 0. The highest BCUT2D eigenvalue weighted by Crippen LogP contribution is 2.48. The Morgan fingerprint density at radius 1 is 1.08 bits per heavy atom. The quantitative estimate of drug-likeness (QED) is 0.498. The number of ether oxygens (including phenoxy) is 1. The van der Waals surface area contributed by atoms with Crippen LogP contribution in [0, 0.1) is 5.92 Å². The third kappa shape index (κ3) is 5.85. The van der Waals surface area contributed by atoms with Crippen molar-refractivity contribution in [2.24, 2.45) is 5.92 Å². The molecule has 1 N–H and O–H groups in total. The highest BCUT2D eigenvalue weighted by molar-refractivity contribution is 7.58. The van der Waals surface area contributed by atoms with Crippen LogP contribution < -0.4 is 9.61 Å². The molecule has 0 aromatic heterocycles. The monoisotopic (exact) mass is 381 g/mol. The van der Waals surface area contributed by atoms with E-state index >= 15 is 0 Å². The smallest absolute Gasteiger partial charge is 0.324 e. The molecule has 0 spiro atoms. The molecular formula is C20H32NO4P. The van der Waals surface area contributed by atoms with Gasteiger partial charge in [0, 0.05) is 0 Å². The zero-order chi connectivity index (χ0) is 19.2. The summed E-state index contributed by atoms with van der Waals surface area (Å²) in [6.07, 6.45) is 5.21. The molecule has 0 saturated heterocycles. The van der Waals surface area contributed by atoms with E-state index < -0.39 is 13.6 Å². The molecule has 6 heteroatoms. The lowest BCUT2D eigenvalue weighted by Crippen LogP contribution is -2.44. The maximum atomic E-state index is 13.5. The molecule has 0 amide bonds. The van der Waals surface area contributed by atoms with Crippen molar-refractivity contribution in [2.75, 3.05) is 0 Å². The van der Waals surface area contributed by atoms with E-state index in [1.54, 1.807) is 12.1 Å². The van der Waals surface area contributed by atoms with E-state index in [9.17, 15) is 9.36 Å². The zero-order valence-electron chi connectivity index (χ0n) is 16.3. The molecule has 1 fully saturated rings. The largest absolute Gasteiger partial charge is 0.461 e. The molecule has 1 aromatic rings. The molecule has 0 radical (unpaired) electrons. The van der Waals surface area contributed by atoms with E-state index in [0.29, 0.717) is 5.75 Å². The summed E-state index contributed by atoms with van der Waals surface area (Å²) in [5.41, 5.74) is -0.272. The van der Waals surface area contributed by atoms with Crippen LogP contribution in [-0.4, -0.2) is 23.8 Å². The summed E-state index contributed by atoms with van der Waals surface area (Å²) in [4.78, 5) is 12.7. The van der Waals surface area contributed by atoms with Crippen molar-refractivity contribution >= 4 is 13.5 Å². The minimum Gasteiger partial charge on any atom is -0.461 e. The van der Waals surface area contributed by atoms with Crippen molar-refractivity contribution in [1.29, 1.82) is 0 Å². The Labute approximate surface area is 157 Å². The molecule has 26 heavy (non-hydrogen) atoms. The van der Waals surface area contributed by atoms with Crippen molar-refractivity contribution < 1.29 is 18.6 Å². The van der Waals surface area contributed by atoms with Crippen molar-refractivity contribution in [3.63, 3.8) is 0 Å². The molecule has 1 aliphatic carbocycles. The standard InChI is InChI=1S/C20H32NO4P/c1-15(2)19(20(22)24-17-11-7-5-8-12-17)21-26(23,16(3)4)25-18-13-9-6-10-14-18/h6,9-10,13-17,19H,5,7-8,11-12H2,1-4H3,(H,21,23)/t19-,26?/m0/s1. The molecule has 5 nitrogen and oxygen atoms in total. The Kier molecular flexibility index (Phi) is 7.72. The van der Waals surface area contributed by atoms with Gasteiger partial charge >= 0.3 is 13.5 Å². The van der Waals surface area contributed by atoms with Gasteiger partial charge in [0.15, 0.2) is 0 Å². The second kappa shape index (κ2) is 9.57. The molecule has 1 unspecified atom stereocenters. The second-order valence-electron chi connectivity index (χ2n) is 7.64. The lowest BCUT2D eigenvalue weighted by molar-refractivity contribution is -0.153. The molecule has 1 aliphatic rings. The first-order chi connectivity index (χ1) is 12.3. The zero-order valence-corrected chi connectivity index (χ0v) is 17.2. The molecule has 1 saturated carbocycles. The average molecular weight is 381 g/mol. The Hall–Kier alpha value is -1.32. The van der Waals surface area contributed by atoms with E-state index in [2.05, 4.69) is 5.09 Å². The van der Waals surface area contributed by atoms with Gasteiger partial charge in [-0.1, -0.05) is 52.3 Å². The van der Waals surface area contributed by atoms with Gasteiger partial charge in [0.1, 0.15) is 17.9 Å². The van der Waals surface area contributed by atoms with Crippen LogP contribution in [0.1, 0.15) is 59.8 Å². The van der Waals surface area contributed by atoms with Crippen LogP contribution in [0.3, 0.4) is 0 Å². The van der Waals surface area contributed by atoms with Gasteiger partial charge in [-0.15, -0.1) is 0 Å². The number of para-hydroxylation sites is 1. The van der Waals surface area contributed by atoms with E-state index in [4.69, 9.17) is 9.26 Å². The van der Waals surface area contributed by atoms with Gasteiger partial charge < -0.3 is 9.26 Å². The molecule has 0 bridgehead atoms. The summed E-state index contributed by atoms with van der Waals surface area (Å²) in [6.45, 7) is 7.51. The summed E-state index contributed by atoms with van der Waals surface area (Å²) < 4.78 is 25.0. The van der Waals surface area contributed by atoms with Crippen molar-refractivity contribution in [3.8, 4) is 5.75 Å². The third-order valence-electron chi connectivity index (χ3n) is 4.74. The maximum Gasteiger partial charge on any atom is 0.324 e. The Balaban J connectivity index is 2.11. The lowest BCUT2D eigenvalue weighted by atomic mass is 9.97. The Morgan fingerprint density at radius 2 is 1.69 bits per heavy atom. The van der Waals surface area contributed by atoms with E-state index in [1.807, 2.05) is 45.9 Å². The average Bonchev–Trinajstić information content (AvgIpc) is 2.61. The number of nitrogens with one attached hydrogen (secondary N) is 1. The number of carbonyl (C=O) groups excluding carboxylic acids is 1. The first-order valence-electron chi connectivity index (χ1n) is 9.64. The van der Waals surface area contributed by atoms with E-state index in [-0.39, 0.29) is 23.7 Å². The molecule has 2 atom stereocenters. The number of hydrogen-bond acceptors (Lipinski definition) is 4. The summed E-state index contributed by atoms with van der Waals surface area (Å²) in [6, 6.07) is 8.41. The van der Waals surface area contributed by atoms with Gasteiger partial charge in [0.05, 0.1) is 5.66 Å². The summed E-state index contributed by atoms with van der Waals surface area (Å²) in [5.74, 6) is 0.141. The van der Waals surface area contributed by atoms with Gasteiger partial charge in [-0.25, -0.2) is 5.09 Å². The fourth-order valence-corrected chi connectivity index (χ4v) is 4.79. The van der Waals surface area contributed by atoms with Gasteiger partial charge in [-0.2, -0.15) is 0 Å². The van der Waals surface area contributed by atoms with Crippen LogP contribution in [0.25, 0.3) is 0 Å². The van der Waals surface area contributed by atoms with Gasteiger partial charge in [-0.3, -0.25) is 9.36 Å². The molecule has 146 valence electrons. The van der Waals surface area contributed by atoms with E-state index in [0.717, 1.165) is 25.7 Å². The molecule has 0 aliphatic heterocycles. The number of esters is 1. The highest BCUT2D eigenvalue weighted by atomic mass is 31.2. The van der Waals surface area contributed by atoms with Crippen LogP contribution in [0.2, 0.25) is 0 Å². The topological polar surface area (TPSA) is 64.6 Å². The van der Waals surface area contributed by atoms with Crippen LogP contribution in [0.5, 0.6) is 5.75 Å². The maximum absolute atomic E-state index is 13.5. The fourth-order valence-electron chi connectivity index (χ4n) is 3.01. The lowest BCUT2D eigenvalue weighted by Gasteiger charge is -2.31. The highest BCUT2D eigenvalue weighted by Gasteiger charge is 2.37. The predicted molar refractivity (Wildman–Crippen MR) is 105 cm³/mol. The number of rotatable bonds is 8. The van der Waals surface area contributed by atoms with Crippen molar-refractivity contribution in [1.82, 2.24) is 5.09 Å². The Morgan fingerprint density at radius 3 is 2.23 bits per heavy atom. The fraction of sp³-hybridized carbons (Fsp3) is 0.650. The summed E-state index contributed by atoms with van der Waals surface area (Å²) in [7, 11) is -3.28. The van der Waals surface area contributed by atoms with Crippen LogP contribution in [0.4, 0.5) is 0 Å². The minimum atomic E-state index is -3.28. The molecule has 2 rings (SSSR count). The number of hydrogen-bond donors (Lipinski definition) is 1. The Bertz CT molecular complexity index is 611. The van der Waals surface area contributed by atoms with Crippen LogP contribution in [0.15, 0.2) is 30.3 Å². The first-order valence-corrected chi connectivity index (χ1v) is 11.3. The molecular weight excluding hydrogens is 349 g/mol. The predicted octanol–water partition coefficient (Wildman–Crippen LogP) is 5.16. The molecule has 1 aromatic carbocycles. The minimum absolute atomic E-state index is 0.0206. The van der Waals surface area contributed by atoms with E-state index in [1.165, 1.54) is 6.42 Å². The van der Waals surface area contributed by atoms with Gasteiger partial charge in [-0.05, 0) is 43.7 Å². The first kappa shape index (κ1) is 21.0. The van der Waals surface area contributed by atoms with Gasteiger partial charge in [0.2, 0.25) is 0 Å².